The molecule has 0 aliphatic heterocycles. The molecule has 2 N–H and O–H groups in total. The highest BCUT2D eigenvalue weighted by Gasteiger charge is 2.24. The Kier molecular flexibility index (Phi) is 4.53. The van der Waals surface area contributed by atoms with Crippen LogP contribution in [0.4, 0.5) is 16.0 Å². The number of nitrogens with zero attached hydrogens (tertiary/aromatic N) is 3. The summed E-state index contributed by atoms with van der Waals surface area (Å²) in [4.78, 5) is 21.6. The summed E-state index contributed by atoms with van der Waals surface area (Å²) in [5, 5.41) is 13.6. The van der Waals surface area contributed by atoms with E-state index in [2.05, 4.69) is 15.3 Å². The van der Waals surface area contributed by atoms with Gasteiger partial charge in [-0.3, -0.25) is 9.36 Å². The molecule has 0 saturated heterocycles. The van der Waals surface area contributed by atoms with Crippen LogP contribution in [0.3, 0.4) is 0 Å². The van der Waals surface area contributed by atoms with Gasteiger partial charge in [0, 0.05) is 28.9 Å². The molecule has 1 aromatic carbocycles. The third-order valence-corrected chi connectivity index (χ3v) is 5.57. The molecule has 0 unspecified atom stereocenters. The number of anilines is 2. The summed E-state index contributed by atoms with van der Waals surface area (Å²) in [6.45, 7) is 5.22. The Morgan fingerprint density at radius 3 is 2.46 bits per heavy atom. The first-order valence-corrected chi connectivity index (χ1v) is 9.51. The summed E-state index contributed by atoms with van der Waals surface area (Å²) in [6, 6.07) is 3.57. The van der Waals surface area contributed by atoms with E-state index < -0.39 is 11.4 Å². The molecule has 1 fully saturated rings. The molecule has 7 heteroatoms. The maximum absolute atomic E-state index is 14.5. The van der Waals surface area contributed by atoms with Gasteiger partial charge in [0.2, 0.25) is 5.95 Å². The second-order valence-electron chi connectivity index (χ2n) is 7.57. The van der Waals surface area contributed by atoms with Gasteiger partial charge < -0.3 is 10.4 Å². The van der Waals surface area contributed by atoms with Gasteiger partial charge in [0.1, 0.15) is 11.4 Å². The zero-order valence-corrected chi connectivity index (χ0v) is 16.2. The van der Waals surface area contributed by atoms with Crippen molar-refractivity contribution in [3.63, 3.8) is 0 Å². The first kappa shape index (κ1) is 18.4. The standard InChI is InChI=1S/C21H23FN4O2/c1-11-8-14(9-12(2)18(11)27)24-21-23-10-16-13(3)17(22)20(28)26(19(16)25-21)15-6-4-5-7-15/h8-10,15,27H,4-7H2,1-3H3,(H,23,24,25). The Balaban J connectivity index is 1.85. The molecule has 0 amide bonds. The normalized spacial score (nSPS) is 14.7. The van der Waals surface area contributed by atoms with Crippen molar-refractivity contribution in [3.8, 4) is 5.75 Å². The summed E-state index contributed by atoms with van der Waals surface area (Å²) in [5.74, 6) is -0.145. The van der Waals surface area contributed by atoms with Crippen molar-refractivity contribution < 1.29 is 9.50 Å². The van der Waals surface area contributed by atoms with Crippen molar-refractivity contribution in [2.24, 2.45) is 0 Å². The highest BCUT2D eigenvalue weighted by atomic mass is 19.1. The van der Waals surface area contributed by atoms with Crippen LogP contribution in [0, 0.1) is 26.6 Å². The number of hydrogen-bond donors (Lipinski definition) is 2. The van der Waals surface area contributed by atoms with E-state index in [1.54, 1.807) is 25.3 Å². The van der Waals surface area contributed by atoms with Crippen LogP contribution in [-0.4, -0.2) is 19.6 Å². The summed E-state index contributed by atoms with van der Waals surface area (Å²) in [5.41, 5.74) is 2.34. The minimum atomic E-state index is -0.728. The van der Waals surface area contributed by atoms with Gasteiger partial charge in [0.05, 0.1) is 0 Å². The quantitative estimate of drug-likeness (QED) is 0.656. The number of fused-ring (bicyclic) bond motifs is 1. The molecule has 28 heavy (non-hydrogen) atoms. The van der Waals surface area contributed by atoms with Gasteiger partial charge in [0.15, 0.2) is 5.82 Å². The van der Waals surface area contributed by atoms with Crippen molar-refractivity contribution in [2.45, 2.75) is 52.5 Å². The molecule has 6 nitrogen and oxygen atoms in total. The van der Waals surface area contributed by atoms with Crippen molar-refractivity contribution in [1.82, 2.24) is 14.5 Å². The maximum atomic E-state index is 14.5. The van der Waals surface area contributed by atoms with Crippen molar-refractivity contribution >= 4 is 22.7 Å². The predicted octanol–water partition coefficient (Wildman–Crippen LogP) is 4.42. The van der Waals surface area contributed by atoms with E-state index in [0.29, 0.717) is 17.0 Å². The lowest BCUT2D eigenvalue weighted by Crippen LogP contribution is -2.28. The van der Waals surface area contributed by atoms with Gasteiger partial charge in [-0.15, -0.1) is 0 Å². The third-order valence-electron chi connectivity index (χ3n) is 5.57. The number of phenolic OH excluding ortho intramolecular Hbond substituents is 1. The van der Waals surface area contributed by atoms with Gasteiger partial charge in [-0.25, -0.2) is 9.37 Å². The molecular formula is C21H23FN4O2. The number of rotatable bonds is 3. The lowest BCUT2D eigenvalue weighted by Gasteiger charge is -2.18. The molecular weight excluding hydrogens is 359 g/mol. The fourth-order valence-corrected chi connectivity index (χ4v) is 4.02. The van der Waals surface area contributed by atoms with E-state index >= 15 is 0 Å². The molecule has 4 rings (SSSR count). The van der Waals surface area contributed by atoms with Crippen LogP contribution in [-0.2, 0) is 0 Å². The van der Waals surface area contributed by atoms with E-state index in [1.807, 2.05) is 13.8 Å². The van der Waals surface area contributed by atoms with Crippen LogP contribution in [0.5, 0.6) is 5.75 Å². The molecule has 2 heterocycles. The molecule has 2 aromatic heterocycles. The van der Waals surface area contributed by atoms with Crippen molar-refractivity contribution in [1.29, 1.82) is 0 Å². The average Bonchev–Trinajstić information content (AvgIpc) is 3.18. The average molecular weight is 382 g/mol. The van der Waals surface area contributed by atoms with Gasteiger partial charge >= 0.3 is 0 Å². The second-order valence-corrected chi connectivity index (χ2v) is 7.57. The smallest absolute Gasteiger partial charge is 0.288 e. The highest BCUT2D eigenvalue weighted by Crippen LogP contribution is 2.32. The number of nitrogens with one attached hydrogen (secondary N) is 1. The van der Waals surface area contributed by atoms with Gasteiger partial charge in [0.25, 0.3) is 5.56 Å². The number of benzene rings is 1. The Hall–Kier alpha value is -2.96. The topological polar surface area (TPSA) is 80.0 Å². The molecule has 3 aromatic rings. The Labute approximate surface area is 162 Å². The molecule has 0 radical (unpaired) electrons. The summed E-state index contributed by atoms with van der Waals surface area (Å²) < 4.78 is 16.0. The molecule has 1 aliphatic carbocycles. The Morgan fingerprint density at radius 2 is 1.82 bits per heavy atom. The summed E-state index contributed by atoms with van der Waals surface area (Å²) in [6.07, 6.45) is 5.31. The van der Waals surface area contributed by atoms with Crippen LogP contribution < -0.4 is 10.9 Å². The number of aromatic nitrogens is 3. The monoisotopic (exact) mass is 382 g/mol. The maximum Gasteiger partial charge on any atom is 0.288 e. The van der Waals surface area contributed by atoms with E-state index in [9.17, 15) is 14.3 Å². The molecule has 146 valence electrons. The number of aryl methyl sites for hydroxylation is 3. The van der Waals surface area contributed by atoms with Gasteiger partial charge in [-0.05, 0) is 56.9 Å². The number of aromatic hydroxyl groups is 1. The van der Waals surface area contributed by atoms with Gasteiger partial charge in [-0.1, -0.05) is 12.8 Å². The number of halogens is 1. The van der Waals surface area contributed by atoms with E-state index in [0.717, 1.165) is 42.5 Å². The van der Waals surface area contributed by atoms with Crippen LogP contribution in [0.1, 0.15) is 48.4 Å². The van der Waals surface area contributed by atoms with Gasteiger partial charge in [-0.2, -0.15) is 4.98 Å². The number of hydrogen-bond acceptors (Lipinski definition) is 5. The highest BCUT2D eigenvalue weighted by molar-refractivity contribution is 5.79. The molecule has 0 bridgehead atoms. The summed E-state index contributed by atoms with van der Waals surface area (Å²) in [7, 11) is 0. The van der Waals surface area contributed by atoms with Crippen molar-refractivity contribution in [3.05, 3.63) is 51.2 Å². The fraction of sp³-hybridized carbons (Fsp3) is 0.381. The SMILES string of the molecule is Cc1cc(Nc2ncc3c(C)c(F)c(=O)n(C4CCCC4)c3n2)cc(C)c1O. The first-order chi connectivity index (χ1) is 13.4. The Bertz CT molecular complexity index is 1110. The van der Waals surface area contributed by atoms with Crippen LogP contribution >= 0.6 is 0 Å². The van der Waals surface area contributed by atoms with Crippen LogP contribution in [0.15, 0.2) is 23.1 Å². The minimum Gasteiger partial charge on any atom is -0.507 e. The molecule has 0 spiro atoms. The molecule has 0 atom stereocenters. The Morgan fingerprint density at radius 1 is 1.18 bits per heavy atom. The zero-order chi connectivity index (χ0) is 20.0. The van der Waals surface area contributed by atoms with Crippen LogP contribution in [0.2, 0.25) is 0 Å². The second kappa shape index (κ2) is 6.89. The number of pyridine rings is 1. The van der Waals surface area contributed by atoms with E-state index in [-0.39, 0.29) is 17.4 Å². The first-order valence-electron chi connectivity index (χ1n) is 9.51. The van der Waals surface area contributed by atoms with Crippen LogP contribution in [0.25, 0.3) is 11.0 Å². The molecule has 1 aliphatic rings. The summed E-state index contributed by atoms with van der Waals surface area (Å²) >= 11 is 0. The zero-order valence-electron chi connectivity index (χ0n) is 16.2. The third kappa shape index (κ3) is 3.00. The fourth-order valence-electron chi connectivity index (χ4n) is 4.02. The lowest BCUT2D eigenvalue weighted by atomic mass is 10.1. The minimum absolute atomic E-state index is 0.0361. The van der Waals surface area contributed by atoms with E-state index in [1.165, 1.54) is 4.57 Å². The van der Waals surface area contributed by atoms with Crippen molar-refractivity contribution in [2.75, 3.05) is 5.32 Å². The number of phenols is 1. The lowest BCUT2D eigenvalue weighted by molar-refractivity contribution is 0.467. The largest absolute Gasteiger partial charge is 0.507 e. The van der Waals surface area contributed by atoms with E-state index in [4.69, 9.17) is 0 Å². The predicted molar refractivity (Wildman–Crippen MR) is 107 cm³/mol. The molecule has 1 saturated carbocycles.